The van der Waals surface area contributed by atoms with Crippen molar-refractivity contribution >= 4 is 14.0 Å². The van der Waals surface area contributed by atoms with Gasteiger partial charge in [-0.1, -0.05) is 0 Å². The van der Waals surface area contributed by atoms with Crippen molar-refractivity contribution in [2.75, 3.05) is 7.11 Å². The first-order chi connectivity index (χ1) is 6.31. The van der Waals surface area contributed by atoms with Crippen LogP contribution in [0.2, 0.25) is 0 Å². The summed E-state index contributed by atoms with van der Waals surface area (Å²) >= 11 is 0. The van der Waals surface area contributed by atoms with Crippen LogP contribution in [-0.2, 0) is 0 Å². The highest BCUT2D eigenvalue weighted by atomic mass is 16.5. The van der Waals surface area contributed by atoms with E-state index in [-0.39, 0.29) is 0 Å². The van der Waals surface area contributed by atoms with E-state index in [0.29, 0.717) is 31.0 Å². The van der Waals surface area contributed by atoms with Crippen LogP contribution in [0.5, 0.6) is 11.5 Å². The molecule has 0 aliphatic rings. The van der Waals surface area contributed by atoms with Gasteiger partial charge in [0.05, 0.1) is 7.11 Å². The average Bonchev–Trinajstić information content (AvgIpc) is 2.19. The number of aldehydes is 1. The summed E-state index contributed by atoms with van der Waals surface area (Å²) in [5.74, 6) is 0.755. The molecule has 0 saturated carbocycles. The standard InChI is InChI=1S/C8H8BO4/c1-12-8-4-6(5-10)2-3-7(8)13-9-11/h2-5,11H,1H3. The van der Waals surface area contributed by atoms with Gasteiger partial charge in [0.25, 0.3) is 0 Å². The summed E-state index contributed by atoms with van der Waals surface area (Å²) in [6.45, 7) is 0. The van der Waals surface area contributed by atoms with Gasteiger partial charge in [0.2, 0.25) is 0 Å². The second kappa shape index (κ2) is 4.52. The van der Waals surface area contributed by atoms with Crippen LogP contribution in [0.15, 0.2) is 18.2 Å². The molecule has 1 aromatic carbocycles. The molecule has 0 aliphatic carbocycles. The van der Waals surface area contributed by atoms with Gasteiger partial charge in [-0.2, -0.15) is 0 Å². The van der Waals surface area contributed by atoms with E-state index in [4.69, 9.17) is 14.4 Å². The van der Waals surface area contributed by atoms with E-state index in [2.05, 4.69) is 0 Å². The number of carbonyl (C=O) groups excluding carboxylic acids is 1. The van der Waals surface area contributed by atoms with E-state index in [1.807, 2.05) is 0 Å². The lowest BCUT2D eigenvalue weighted by Gasteiger charge is -2.07. The SMILES string of the molecule is COc1cc(C=O)ccc1O[B]O. The van der Waals surface area contributed by atoms with Crippen molar-refractivity contribution in [3.05, 3.63) is 23.8 Å². The van der Waals surface area contributed by atoms with E-state index in [1.54, 1.807) is 6.07 Å². The lowest BCUT2D eigenvalue weighted by atomic mass is 10.2. The predicted octanol–water partition coefficient (Wildman–Crippen LogP) is 0.413. The van der Waals surface area contributed by atoms with Crippen molar-refractivity contribution in [2.24, 2.45) is 0 Å². The highest BCUT2D eigenvalue weighted by Crippen LogP contribution is 2.26. The fraction of sp³-hybridized carbons (Fsp3) is 0.125. The van der Waals surface area contributed by atoms with Crippen molar-refractivity contribution in [3.63, 3.8) is 0 Å². The molecule has 0 aromatic heterocycles. The van der Waals surface area contributed by atoms with Crippen LogP contribution in [0.1, 0.15) is 10.4 Å². The summed E-state index contributed by atoms with van der Waals surface area (Å²) in [5.41, 5.74) is 0.488. The fourth-order valence-corrected chi connectivity index (χ4v) is 0.912. The topological polar surface area (TPSA) is 55.8 Å². The molecule has 0 amide bonds. The Balaban J connectivity index is 3.00. The van der Waals surface area contributed by atoms with Gasteiger partial charge in [-0.25, -0.2) is 0 Å². The smallest absolute Gasteiger partial charge is 0.535 e. The Morgan fingerprint density at radius 2 is 2.23 bits per heavy atom. The second-order valence-electron chi connectivity index (χ2n) is 2.25. The molecule has 13 heavy (non-hydrogen) atoms. The molecule has 5 heteroatoms. The lowest BCUT2D eigenvalue weighted by Crippen LogP contribution is -2.01. The fourth-order valence-electron chi connectivity index (χ4n) is 0.912. The molecule has 1 aromatic rings. The maximum atomic E-state index is 10.4. The molecule has 1 rings (SSSR count). The summed E-state index contributed by atoms with van der Waals surface area (Å²) < 4.78 is 9.64. The van der Waals surface area contributed by atoms with Gasteiger partial charge < -0.3 is 14.4 Å². The quantitative estimate of drug-likeness (QED) is 0.537. The Labute approximate surface area is 76.4 Å². The molecule has 0 spiro atoms. The third-order valence-electron chi connectivity index (χ3n) is 1.50. The van der Waals surface area contributed by atoms with Gasteiger partial charge in [-0.3, -0.25) is 4.79 Å². The number of rotatable bonds is 4. The zero-order valence-corrected chi connectivity index (χ0v) is 7.06. The van der Waals surface area contributed by atoms with Gasteiger partial charge in [0.1, 0.15) is 12.0 Å². The van der Waals surface area contributed by atoms with Crippen LogP contribution < -0.4 is 9.39 Å². The van der Waals surface area contributed by atoms with Crippen molar-refractivity contribution < 1.29 is 19.2 Å². The normalized spacial score (nSPS) is 9.08. The number of ether oxygens (including phenoxy) is 1. The van der Waals surface area contributed by atoms with Gasteiger partial charge in [0, 0.05) is 5.56 Å². The Bertz CT molecular complexity index is 300. The number of methoxy groups -OCH3 is 1. The maximum absolute atomic E-state index is 10.4. The van der Waals surface area contributed by atoms with E-state index in [1.165, 1.54) is 19.2 Å². The first-order valence-corrected chi connectivity index (χ1v) is 3.57. The minimum Gasteiger partial charge on any atom is -0.535 e. The van der Waals surface area contributed by atoms with Crippen LogP contribution >= 0.6 is 0 Å². The summed E-state index contributed by atoms with van der Waals surface area (Å²) in [7, 11) is 2.01. The molecule has 0 bridgehead atoms. The number of hydrogen-bond acceptors (Lipinski definition) is 4. The van der Waals surface area contributed by atoms with Crippen LogP contribution in [0.4, 0.5) is 0 Å². The van der Waals surface area contributed by atoms with E-state index >= 15 is 0 Å². The second-order valence-corrected chi connectivity index (χ2v) is 2.25. The Hall–Kier alpha value is -1.49. The maximum Gasteiger partial charge on any atom is 0.569 e. The highest BCUT2D eigenvalue weighted by Gasteiger charge is 2.04. The summed E-state index contributed by atoms with van der Waals surface area (Å²) in [4.78, 5) is 10.4. The summed E-state index contributed by atoms with van der Waals surface area (Å²) in [6.07, 6.45) is 0.703. The molecule has 0 heterocycles. The van der Waals surface area contributed by atoms with Gasteiger partial charge in [-0.15, -0.1) is 0 Å². The minimum atomic E-state index is 0.357. The number of hydrogen-bond donors (Lipinski definition) is 1. The van der Waals surface area contributed by atoms with Crippen molar-refractivity contribution in [2.45, 2.75) is 0 Å². The number of benzene rings is 1. The van der Waals surface area contributed by atoms with Gasteiger partial charge >= 0.3 is 7.69 Å². The third-order valence-corrected chi connectivity index (χ3v) is 1.50. The first-order valence-electron chi connectivity index (χ1n) is 3.57. The summed E-state index contributed by atoms with van der Waals surface area (Å²) in [5, 5.41) is 8.39. The molecule has 1 radical (unpaired) electrons. The molecule has 1 N–H and O–H groups in total. The van der Waals surface area contributed by atoms with E-state index in [0.717, 1.165) is 0 Å². The minimum absolute atomic E-state index is 0.357. The monoisotopic (exact) mass is 179 g/mol. The van der Waals surface area contributed by atoms with Gasteiger partial charge in [0.15, 0.2) is 5.75 Å². The molecule has 0 atom stereocenters. The zero-order valence-electron chi connectivity index (χ0n) is 7.06. The van der Waals surface area contributed by atoms with Crippen molar-refractivity contribution in [1.29, 1.82) is 0 Å². The molecular formula is C8H8BO4. The Morgan fingerprint density at radius 3 is 2.77 bits per heavy atom. The Kier molecular flexibility index (Phi) is 3.34. The molecule has 0 fully saturated rings. The first kappa shape index (κ1) is 9.60. The van der Waals surface area contributed by atoms with Crippen molar-refractivity contribution in [3.8, 4) is 11.5 Å². The van der Waals surface area contributed by atoms with Crippen LogP contribution in [0.3, 0.4) is 0 Å². The largest absolute Gasteiger partial charge is 0.569 e. The van der Waals surface area contributed by atoms with Crippen LogP contribution in [-0.4, -0.2) is 26.1 Å². The molecule has 0 aliphatic heterocycles. The van der Waals surface area contributed by atoms with Gasteiger partial charge in [-0.05, 0) is 18.2 Å². The lowest BCUT2D eigenvalue weighted by molar-refractivity contribution is 0.112. The van der Waals surface area contributed by atoms with Crippen LogP contribution in [0.25, 0.3) is 0 Å². The summed E-state index contributed by atoms with van der Waals surface area (Å²) in [6, 6.07) is 4.62. The third kappa shape index (κ3) is 2.22. The van der Waals surface area contributed by atoms with E-state index < -0.39 is 0 Å². The predicted molar refractivity (Wildman–Crippen MR) is 47.0 cm³/mol. The number of carbonyl (C=O) groups is 1. The van der Waals surface area contributed by atoms with Crippen LogP contribution in [0, 0.1) is 0 Å². The molecule has 4 nitrogen and oxygen atoms in total. The zero-order chi connectivity index (χ0) is 9.68. The van der Waals surface area contributed by atoms with Crippen molar-refractivity contribution in [1.82, 2.24) is 0 Å². The average molecular weight is 179 g/mol. The molecule has 67 valence electrons. The molecular weight excluding hydrogens is 171 g/mol. The van der Waals surface area contributed by atoms with E-state index in [9.17, 15) is 4.79 Å². The molecule has 0 saturated heterocycles. The highest BCUT2D eigenvalue weighted by molar-refractivity contribution is 6.17. The molecule has 0 unspecified atom stereocenters. The Morgan fingerprint density at radius 1 is 1.46 bits per heavy atom.